The first-order valence-electron chi connectivity index (χ1n) is 10.5. The summed E-state index contributed by atoms with van der Waals surface area (Å²) >= 11 is 0. The topological polar surface area (TPSA) is 6.48 Å². The van der Waals surface area contributed by atoms with Crippen molar-refractivity contribution in [2.24, 2.45) is 5.92 Å². The Morgan fingerprint density at radius 3 is 2.32 bits per heavy atom. The molecular formula is C26H28N2. The van der Waals surface area contributed by atoms with Crippen molar-refractivity contribution in [3.05, 3.63) is 102 Å². The molecule has 1 fully saturated rings. The SMILES string of the molecule is CC(c1ccccc1)N1CC[C@@H]2CN(Cc3ccccc3)c3ccccc3[C@H]21. The number of nitrogens with zero attached hydrogens (tertiary/aromatic N) is 2. The van der Waals surface area contributed by atoms with Crippen molar-refractivity contribution in [1.82, 2.24) is 4.90 Å². The Balaban J connectivity index is 1.47. The second kappa shape index (κ2) is 7.44. The van der Waals surface area contributed by atoms with Gasteiger partial charge in [-0.25, -0.2) is 0 Å². The smallest absolute Gasteiger partial charge is 0.0429 e. The molecule has 3 aromatic carbocycles. The van der Waals surface area contributed by atoms with E-state index in [1.54, 1.807) is 0 Å². The summed E-state index contributed by atoms with van der Waals surface area (Å²) in [6, 6.07) is 31.9. The third kappa shape index (κ3) is 3.12. The number of hydrogen-bond acceptors (Lipinski definition) is 2. The molecule has 0 saturated carbocycles. The van der Waals surface area contributed by atoms with Crippen molar-refractivity contribution < 1.29 is 0 Å². The van der Waals surface area contributed by atoms with Crippen molar-refractivity contribution in [2.75, 3.05) is 18.0 Å². The van der Waals surface area contributed by atoms with Crippen LogP contribution < -0.4 is 4.90 Å². The lowest BCUT2D eigenvalue weighted by Crippen LogP contribution is -2.39. The maximum absolute atomic E-state index is 2.73. The van der Waals surface area contributed by atoms with Crippen LogP contribution in [-0.2, 0) is 6.54 Å². The highest BCUT2D eigenvalue weighted by Gasteiger charge is 2.43. The molecule has 0 aliphatic carbocycles. The molecule has 1 saturated heterocycles. The van der Waals surface area contributed by atoms with Crippen LogP contribution in [0.15, 0.2) is 84.9 Å². The van der Waals surface area contributed by atoms with Crippen LogP contribution in [0.25, 0.3) is 0 Å². The molecule has 3 aromatic rings. The van der Waals surface area contributed by atoms with E-state index in [-0.39, 0.29) is 0 Å². The number of hydrogen-bond donors (Lipinski definition) is 0. The van der Waals surface area contributed by atoms with Crippen molar-refractivity contribution in [3.63, 3.8) is 0 Å². The van der Waals surface area contributed by atoms with Gasteiger partial charge in [0.15, 0.2) is 0 Å². The van der Waals surface area contributed by atoms with Gasteiger partial charge in [-0.3, -0.25) is 4.90 Å². The molecular weight excluding hydrogens is 340 g/mol. The van der Waals surface area contributed by atoms with Crippen molar-refractivity contribution in [1.29, 1.82) is 0 Å². The van der Waals surface area contributed by atoms with Crippen molar-refractivity contribution in [2.45, 2.75) is 32.0 Å². The molecule has 142 valence electrons. The lowest BCUT2D eigenvalue weighted by Gasteiger charge is -2.42. The largest absolute Gasteiger partial charge is 0.367 e. The zero-order valence-electron chi connectivity index (χ0n) is 16.5. The fourth-order valence-electron chi connectivity index (χ4n) is 5.22. The van der Waals surface area contributed by atoms with E-state index in [1.807, 2.05) is 0 Å². The second-order valence-corrected chi connectivity index (χ2v) is 8.24. The van der Waals surface area contributed by atoms with Crippen LogP contribution in [0.3, 0.4) is 0 Å². The molecule has 2 aliphatic rings. The predicted octanol–water partition coefficient (Wildman–Crippen LogP) is 5.83. The fourth-order valence-corrected chi connectivity index (χ4v) is 5.22. The Bertz CT molecular complexity index is 921. The van der Waals surface area contributed by atoms with Gasteiger partial charge in [-0.1, -0.05) is 78.9 Å². The zero-order chi connectivity index (χ0) is 18.9. The van der Waals surface area contributed by atoms with E-state index >= 15 is 0 Å². The average molecular weight is 369 g/mol. The Morgan fingerprint density at radius 2 is 1.54 bits per heavy atom. The van der Waals surface area contributed by atoms with Gasteiger partial charge in [0.25, 0.3) is 0 Å². The predicted molar refractivity (Wildman–Crippen MR) is 116 cm³/mol. The number of anilines is 1. The number of para-hydroxylation sites is 1. The van der Waals surface area contributed by atoms with Crippen LogP contribution in [0, 0.1) is 5.92 Å². The van der Waals surface area contributed by atoms with E-state index in [0.29, 0.717) is 18.0 Å². The van der Waals surface area contributed by atoms with Crippen molar-refractivity contribution >= 4 is 5.69 Å². The molecule has 2 aliphatic heterocycles. The van der Waals surface area contributed by atoms with Crippen LogP contribution >= 0.6 is 0 Å². The van der Waals surface area contributed by atoms with Crippen LogP contribution in [-0.4, -0.2) is 18.0 Å². The molecule has 0 aromatic heterocycles. The summed E-state index contributed by atoms with van der Waals surface area (Å²) < 4.78 is 0. The summed E-state index contributed by atoms with van der Waals surface area (Å²) in [5, 5.41) is 0. The molecule has 2 nitrogen and oxygen atoms in total. The zero-order valence-corrected chi connectivity index (χ0v) is 16.5. The first-order chi connectivity index (χ1) is 13.8. The summed E-state index contributed by atoms with van der Waals surface area (Å²) in [7, 11) is 0. The van der Waals surface area contributed by atoms with Crippen LogP contribution in [0.5, 0.6) is 0 Å². The highest BCUT2D eigenvalue weighted by atomic mass is 15.3. The van der Waals surface area contributed by atoms with Gasteiger partial charge >= 0.3 is 0 Å². The van der Waals surface area contributed by atoms with Gasteiger partial charge in [-0.05, 0) is 48.6 Å². The molecule has 1 unspecified atom stereocenters. The summed E-state index contributed by atoms with van der Waals surface area (Å²) in [6.07, 6.45) is 1.28. The number of fused-ring (bicyclic) bond motifs is 3. The van der Waals surface area contributed by atoms with E-state index in [4.69, 9.17) is 0 Å². The molecule has 3 atom stereocenters. The quantitative estimate of drug-likeness (QED) is 0.571. The summed E-state index contributed by atoms with van der Waals surface area (Å²) in [4.78, 5) is 5.33. The Morgan fingerprint density at radius 1 is 0.857 bits per heavy atom. The van der Waals surface area contributed by atoms with Gasteiger partial charge in [0, 0.05) is 30.9 Å². The minimum atomic E-state index is 0.449. The Labute approximate surface area is 168 Å². The van der Waals surface area contributed by atoms with Gasteiger partial charge < -0.3 is 4.90 Å². The summed E-state index contributed by atoms with van der Waals surface area (Å²) in [5.41, 5.74) is 5.74. The first kappa shape index (κ1) is 17.5. The highest BCUT2D eigenvalue weighted by Crippen LogP contribution is 2.49. The van der Waals surface area contributed by atoms with E-state index in [0.717, 1.165) is 13.1 Å². The fraction of sp³-hybridized carbons (Fsp3) is 0.308. The van der Waals surface area contributed by atoms with E-state index in [1.165, 1.54) is 35.3 Å². The van der Waals surface area contributed by atoms with E-state index < -0.39 is 0 Å². The summed E-state index contributed by atoms with van der Waals surface area (Å²) in [6.45, 7) is 5.69. The van der Waals surface area contributed by atoms with Gasteiger partial charge in [0.05, 0.1) is 0 Å². The number of benzene rings is 3. The van der Waals surface area contributed by atoms with Crippen LogP contribution in [0.4, 0.5) is 5.69 Å². The Hall–Kier alpha value is -2.58. The van der Waals surface area contributed by atoms with Gasteiger partial charge in [0.2, 0.25) is 0 Å². The second-order valence-electron chi connectivity index (χ2n) is 8.24. The molecule has 28 heavy (non-hydrogen) atoms. The van der Waals surface area contributed by atoms with Crippen LogP contribution in [0.2, 0.25) is 0 Å². The lowest BCUT2D eigenvalue weighted by molar-refractivity contribution is 0.169. The third-order valence-corrected chi connectivity index (χ3v) is 6.61. The van der Waals surface area contributed by atoms with Crippen molar-refractivity contribution in [3.8, 4) is 0 Å². The molecule has 2 heteroatoms. The molecule has 5 rings (SSSR count). The van der Waals surface area contributed by atoms with Crippen LogP contribution in [0.1, 0.15) is 42.1 Å². The van der Waals surface area contributed by atoms with E-state index in [9.17, 15) is 0 Å². The molecule has 0 N–H and O–H groups in total. The normalized spacial score (nSPS) is 22.5. The van der Waals surface area contributed by atoms with Gasteiger partial charge in [0.1, 0.15) is 0 Å². The minimum Gasteiger partial charge on any atom is -0.367 e. The molecule has 0 radical (unpaired) electrons. The minimum absolute atomic E-state index is 0.449. The monoisotopic (exact) mass is 368 g/mol. The molecule has 0 spiro atoms. The highest BCUT2D eigenvalue weighted by molar-refractivity contribution is 5.58. The van der Waals surface area contributed by atoms with E-state index in [2.05, 4.69) is 102 Å². The van der Waals surface area contributed by atoms with Gasteiger partial charge in [-0.15, -0.1) is 0 Å². The average Bonchev–Trinajstić information content (AvgIpc) is 3.19. The lowest BCUT2D eigenvalue weighted by atomic mass is 9.86. The number of rotatable bonds is 4. The number of likely N-dealkylation sites (tertiary alicyclic amines) is 1. The maximum atomic E-state index is 2.73. The molecule has 0 bridgehead atoms. The summed E-state index contributed by atoms with van der Waals surface area (Å²) in [5.74, 6) is 0.699. The maximum Gasteiger partial charge on any atom is 0.0429 e. The molecule has 0 amide bonds. The van der Waals surface area contributed by atoms with Gasteiger partial charge in [-0.2, -0.15) is 0 Å². The standard InChI is InChI=1S/C26H28N2/c1-20(22-12-6-3-7-13-22)28-17-16-23-19-27(18-21-10-4-2-5-11-21)25-15-9-8-14-24(25)26(23)28/h2-15,20,23,26H,16-19H2,1H3/t20?,23-,26+/m1/s1. The third-order valence-electron chi connectivity index (χ3n) is 6.61. The Kier molecular flexibility index (Phi) is 4.66. The molecule has 2 heterocycles. The first-order valence-corrected chi connectivity index (χ1v) is 10.5.